The fraction of sp³-hybridized carbons (Fsp3) is 0.0519. The lowest BCUT2D eigenvalue weighted by Gasteiger charge is -2.23. The van der Waals surface area contributed by atoms with Crippen LogP contribution < -0.4 is 0 Å². The lowest BCUT2D eigenvalue weighted by molar-refractivity contribution is 0.591. The first-order valence-electron chi connectivity index (χ1n) is 48.2. The van der Waals surface area contributed by atoms with Gasteiger partial charge in [-0.25, -0.2) is 0 Å². The number of para-hydroxylation sites is 6. The molecule has 0 aliphatic rings. The topological polar surface area (TPSA) is 14.8 Å². The van der Waals surface area contributed by atoms with E-state index in [1.165, 1.54) is 263 Å². The molecule has 0 saturated heterocycles. The summed E-state index contributed by atoms with van der Waals surface area (Å²) in [6.07, 6.45) is 0. The van der Waals surface area contributed by atoms with Gasteiger partial charge in [-0.15, -0.1) is 0 Å². The van der Waals surface area contributed by atoms with E-state index in [1.54, 1.807) is 0 Å². The van der Waals surface area contributed by atoms with Gasteiger partial charge in [0.2, 0.25) is 0 Å². The summed E-state index contributed by atoms with van der Waals surface area (Å²) in [4.78, 5) is 0. The maximum atomic E-state index is 2.45. The van der Waals surface area contributed by atoms with Gasteiger partial charge in [-0.1, -0.05) is 438 Å². The molecule has 3 heteroatoms. The highest BCUT2D eigenvalue weighted by Crippen LogP contribution is 2.51. The Morgan fingerprint density at radius 1 is 0.152 bits per heavy atom. The van der Waals surface area contributed by atoms with Gasteiger partial charge in [0.25, 0.3) is 0 Å². The van der Waals surface area contributed by atoms with E-state index in [9.17, 15) is 0 Å². The molecule has 27 aromatic rings. The van der Waals surface area contributed by atoms with Crippen LogP contribution in [0.25, 0.3) is 247 Å². The average molecular weight is 1760 g/mol. The number of benzene rings is 24. The summed E-state index contributed by atoms with van der Waals surface area (Å²) in [6, 6.07) is 176. The molecule has 0 N–H and O–H groups in total. The van der Waals surface area contributed by atoms with E-state index in [4.69, 9.17) is 0 Å². The maximum absolute atomic E-state index is 2.45. The fourth-order valence-corrected chi connectivity index (χ4v) is 22.5. The van der Waals surface area contributed by atoms with Crippen LogP contribution in [0.3, 0.4) is 0 Å². The van der Waals surface area contributed by atoms with Gasteiger partial charge in [0, 0.05) is 49.4 Å². The molecule has 0 bridgehead atoms. The first-order valence-corrected chi connectivity index (χ1v) is 48.2. The van der Waals surface area contributed by atoms with Crippen molar-refractivity contribution < 1.29 is 0 Å². The van der Waals surface area contributed by atoms with Crippen molar-refractivity contribution in [3.63, 3.8) is 0 Å². The molecule has 138 heavy (non-hydrogen) atoms. The van der Waals surface area contributed by atoms with Gasteiger partial charge in [0.05, 0.1) is 33.1 Å². The largest absolute Gasteiger partial charge is 0.309 e. The summed E-state index contributed by atoms with van der Waals surface area (Å²) in [5, 5.41) is 28.1. The minimum Gasteiger partial charge on any atom is -0.309 e. The Kier molecular flexibility index (Phi) is 20.2. The van der Waals surface area contributed by atoms with Crippen LogP contribution >= 0.6 is 0 Å². The second-order valence-corrected chi connectivity index (χ2v) is 38.2. The Bertz CT molecular complexity index is 9340. The second-order valence-electron chi connectivity index (χ2n) is 38.2. The Morgan fingerprint density at radius 3 is 0.812 bits per heavy atom. The zero-order valence-electron chi connectivity index (χ0n) is 78.0. The molecule has 27 rings (SSSR count). The number of hydrogen-bond donors (Lipinski definition) is 0. The fourth-order valence-electron chi connectivity index (χ4n) is 22.5. The number of nitrogens with zero attached hydrogens (tertiary/aromatic N) is 3. The molecule has 3 heterocycles. The summed E-state index contributed by atoms with van der Waals surface area (Å²) < 4.78 is 7.19. The molecule has 0 spiro atoms. The summed E-state index contributed by atoms with van der Waals surface area (Å²) in [5.74, 6) is 0. The highest BCUT2D eigenvalue weighted by molar-refractivity contribution is 6.26. The van der Waals surface area contributed by atoms with E-state index >= 15 is 0 Å². The van der Waals surface area contributed by atoms with Gasteiger partial charge < -0.3 is 13.7 Å². The van der Waals surface area contributed by atoms with Crippen molar-refractivity contribution in [3.05, 3.63) is 501 Å². The van der Waals surface area contributed by atoms with Crippen LogP contribution in [0.4, 0.5) is 0 Å². The molecule has 3 nitrogen and oxygen atoms in total. The number of fused-ring (bicyclic) bond motifs is 17. The van der Waals surface area contributed by atoms with Gasteiger partial charge in [-0.3, -0.25) is 0 Å². The van der Waals surface area contributed by atoms with Crippen molar-refractivity contribution >= 4 is 152 Å². The zero-order chi connectivity index (χ0) is 92.4. The molecule has 0 atom stereocenters. The third-order valence-electron chi connectivity index (χ3n) is 28.9. The third kappa shape index (κ3) is 14.0. The molecule has 0 aliphatic carbocycles. The van der Waals surface area contributed by atoms with Crippen LogP contribution in [-0.4, -0.2) is 13.7 Å². The van der Waals surface area contributed by atoms with Crippen molar-refractivity contribution in [2.45, 2.75) is 47.0 Å². The van der Waals surface area contributed by atoms with Crippen LogP contribution in [0.1, 0.15) is 43.0 Å². The van der Waals surface area contributed by atoms with Crippen molar-refractivity contribution in [2.24, 2.45) is 0 Å². The predicted molar refractivity (Wildman–Crippen MR) is 593 cm³/mol. The molecule has 3 aromatic heterocycles. The molecule has 652 valence electrons. The Balaban J connectivity index is 0.000000110. The van der Waals surface area contributed by atoms with E-state index in [1.807, 2.05) is 0 Å². The van der Waals surface area contributed by atoms with Crippen LogP contribution in [0.5, 0.6) is 0 Å². The van der Waals surface area contributed by atoms with Crippen LogP contribution in [0.2, 0.25) is 0 Å². The minimum atomic E-state index is 0.0249. The Labute approximate surface area is 802 Å². The SMILES string of the molecule is CC(C)(C)c1ccc2c(-c3cccc4ccccc34)c3ccccc3c(-c3ccc(-n4c5ccccc5c5ccccc54)cc3)c2c1.Cc1ccc(-c2c3ccc(C)cc3c(-c3ccc(-n4c5ccccc5c5ccccc54)cc3)c3ccc(C)cc23)cc1.c1cc(-c2c3ccccc3c(-c3ccc(-c4cccc5ccccc45)cc3)c3ccccc23)cc(-n2c3ccccc3c3ccccc32)c1. The van der Waals surface area contributed by atoms with Crippen LogP contribution in [0.15, 0.2) is 479 Å². The monoisotopic (exact) mass is 1760 g/mol. The van der Waals surface area contributed by atoms with Crippen LogP contribution in [0, 0.1) is 20.8 Å². The minimum absolute atomic E-state index is 0.0249. The first-order chi connectivity index (χ1) is 67.9. The van der Waals surface area contributed by atoms with Crippen molar-refractivity contribution in [1.29, 1.82) is 0 Å². The number of aromatic nitrogens is 3. The maximum Gasteiger partial charge on any atom is 0.0541 e. The van der Waals surface area contributed by atoms with E-state index in [0.717, 1.165) is 5.69 Å². The summed E-state index contributed by atoms with van der Waals surface area (Å²) in [6.45, 7) is 13.5. The van der Waals surface area contributed by atoms with Crippen LogP contribution in [-0.2, 0) is 5.41 Å². The molecule has 0 radical (unpaired) electrons. The Hall–Kier alpha value is -17.2. The average Bonchev–Trinajstić information content (AvgIpc) is 1.05. The van der Waals surface area contributed by atoms with Gasteiger partial charge in [-0.2, -0.15) is 0 Å². The molecule has 0 aliphatic heterocycles. The molecular formula is C135H97N3. The van der Waals surface area contributed by atoms with E-state index < -0.39 is 0 Å². The smallest absolute Gasteiger partial charge is 0.0541 e. The van der Waals surface area contributed by atoms with Gasteiger partial charge >= 0.3 is 0 Å². The van der Waals surface area contributed by atoms with Crippen molar-refractivity contribution in [3.8, 4) is 95.0 Å². The predicted octanol–water partition coefficient (Wildman–Crippen LogP) is 37.5. The Morgan fingerprint density at radius 2 is 0.413 bits per heavy atom. The summed E-state index contributed by atoms with van der Waals surface area (Å²) in [7, 11) is 0. The van der Waals surface area contributed by atoms with Gasteiger partial charge in [-0.05, 0) is 275 Å². The van der Waals surface area contributed by atoms with Crippen molar-refractivity contribution in [1.82, 2.24) is 13.7 Å². The highest BCUT2D eigenvalue weighted by atomic mass is 15.0. The van der Waals surface area contributed by atoms with E-state index in [2.05, 4.69) is 534 Å². The second kappa shape index (κ2) is 33.7. The lowest BCUT2D eigenvalue weighted by atomic mass is 9.81. The molecular weight excluding hydrogens is 1660 g/mol. The van der Waals surface area contributed by atoms with Gasteiger partial charge in [0.15, 0.2) is 0 Å². The highest BCUT2D eigenvalue weighted by Gasteiger charge is 2.26. The number of rotatable bonds is 10. The first kappa shape index (κ1) is 82.7. The molecule has 0 fully saturated rings. The normalized spacial score (nSPS) is 11.8. The van der Waals surface area contributed by atoms with Crippen molar-refractivity contribution in [2.75, 3.05) is 0 Å². The molecule has 0 unspecified atom stereocenters. The van der Waals surface area contributed by atoms with E-state index in [0.29, 0.717) is 0 Å². The quantitative estimate of drug-likeness (QED) is 0.121. The number of hydrogen-bond acceptors (Lipinski definition) is 0. The van der Waals surface area contributed by atoms with Gasteiger partial charge in [0.1, 0.15) is 0 Å². The summed E-state index contributed by atoms with van der Waals surface area (Å²) >= 11 is 0. The molecule has 0 saturated carbocycles. The van der Waals surface area contributed by atoms with E-state index in [-0.39, 0.29) is 5.41 Å². The lowest BCUT2D eigenvalue weighted by Crippen LogP contribution is -2.10. The molecule has 24 aromatic carbocycles. The number of aryl methyl sites for hydroxylation is 3. The standard InChI is InChI=1S/C48H31N.C46H35N.C41H31N/c1-2-17-37-32(13-1)14-12-24-38(37)33-27-29-34(30-28-33)47-41-20-3-5-22-43(41)48(44-23-6-4-21-42(44)47)35-15-11-16-36(31-35)49-45-25-9-7-18-39(45)40-19-8-10-26-46(40)49;1-46(2,3)32-25-28-40-41(29-32)44(38-18-6-7-19-39(38)45(40)37-20-12-14-30-13-4-5-15-34(30)37)31-23-26-33(27-24-31)47-42-21-10-8-16-35(42)36-17-9-11-22-43(36)47;1-26-12-16-29(17-13-26)40-34-22-14-28(3)25-37(34)41(35-23-15-27(2)24-36(35)40)30-18-20-31(21-19-30)42-38-10-6-4-8-32(38)33-9-5-7-11-39(33)42/h1-31H;4-29H,1-3H3;4-25H,1-3H3. The zero-order valence-corrected chi connectivity index (χ0v) is 78.0. The third-order valence-corrected chi connectivity index (χ3v) is 28.9. The summed E-state index contributed by atoms with van der Waals surface area (Å²) in [5.41, 5.74) is 33.7. The molecule has 0 amide bonds.